The topological polar surface area (TPSA) is 56.5 Å². The second-order valence-corrected chi connectivity index (χ2v) is 6.95. The number of nitrogens with zero attached hydrogens (tertiary/aromatic N) is 3. The minimum absolute atomic E-state index is 0.0370. The number of halogens is 4. The van der Waals surface area contributed by atoms with Crippen molar-refractivity contribution in [2.75, 3.05) is 7.11 Å². The lowest BCUT2D eigenvalue weighted by Gasteiger charge is -2.14. The van der Waals surface area contributed by atoms with E-state index in [0.717, 1.165) is 11.6 Å². The van der Waals surface area contributed by atoms with Crippen molar-refractivity contribution in [3.63, 3.8) is 0 Å². The molecule has 0 aliphatic heterocycles. The number of benzene rings is 2. The zero-order chi connectivity index (χ0) is 21.3. The summed E-state index contributed by atoms with van der Waals surface area (Å²) in [5.74, 6) is 0.401. The van der Waals surface area contributed by atoms with Crippen molar-refractivity contribution in [2.45, 2.75) is 20.0 Å². The maximum atomic E-state index is 13.4. The lowest BCUT2D eigenvalue weighted by Crippen LogP contribution is -2.08. The van der Waals surface area contributed by atoms with Gasteiger partial charge in [0.05, 0.1) is 29.2 Å². The molecule has 0 atom stereocenters. The number of hydrogen-bond donors (Lipinski definition) is 0. The molecular formula is C19H15ClF3N3O2S. The van der Waals surface area contributed by atoms with Crippen LogP contribution in [0.5, 0.6) is 5.75 Å². The molecule has 0 bridgehead atoms. The number of aromatic nitrogens is 2. The van der Waals surface area contributed by atoms with Crippen LogP contribution in [0.25, 0.3) is 16.9 Å². The van der Waals surface area contributed by atoms with Gasteiger partial charge in [-0.3, -0.25) is 0 Å². The van der Waals surface area contributed by atoms with Crippen molar-refractivity contribution < 1.29 is 22.1 Å². The molecule has 0 amide bonds. The molecule has 5 nitrogen and oxygen atoms in total. The van der Waals surface area contributed by atoms with Crippen molar-refractivity contribution in [1.82, 2.24) is 9.78 Å². The normalized spacial score (nSPS) is 11.4. The second kappa shape index (κ2) is 8.00. The average Bonchev–Trinajstić information content (AvgIpc) is 3.10. The van der Waals surface area contributed by atoms with Crippen LogP contribution < -0.4 is 4.74 Å². The van der Waals surface area contributed by atoms with Gasteiger partial charge in [0.2, 0.25) is 11.5 Å². The second-order valence-electron chi connectivity index (χ2n) is 6.21. The highest BCUT2D eigenvalue weighted by Crippen LogP contribution is 2.37. The van der Waals surface area contributed by atoms with E-state index in [1.165, 1.54) is 17.9 Å². The fourth-order valence-corrected chi connectivity index (χ4v) is 3.58. The zero-order valence-electron chi connectivity index (χ0n) is 15.5. The molecule has 0 aliphatic carbocycles. The molecule has 152 valence electrons. The zero-order valence-corrected chi connectivity index (χ0v) is 17.1. The van der Waals surface area contributed by atoms with Gasteiger partial charge in [-0.25, -0.2) is 4.68 Å². The van der Waals surface area contributed by atoms with Crippen LogP contribution in [-0.4, -0.2) is 21.1 Å². The standard InChI is InChI=1S/C19H15ClF3N3O2S/c1-10-4-6-14(11(2)18(10)25-29-27)26-15(9-17(24-26)19(21,22)23)12-5-7-16(28-3)13(20)8-12/h4-9H,1-3H3. The Bertz CT molecular complexity index is 1140. The Hall–Kier alpha value is -2.65. The predicted octanol–water partition coefficient (Wildman–Crippen LogP) is 5.87. The van der Waals surface area contributed by atoms with Crippen LogP contribution in [0.1, 0.15) is 16.8 Å². The molecule has 0 fully saturated rings. The molecule has 0 saturated carbocycles. The van der Waals surface area contributed by atoms with Gasteiger partial charge < -0.3 is 4.74 Å². The predicted molar refractivity (Wildman–Crippen MR) is 105 cm³/mol. The van der Waals surface area contributed by atoms with E-state index in [1.807, 2.05) is 0 Å². The number of ether oxygens (including phenoxy) is 1. The highest BCUT2D eigenvalue weighted by molar-refractivity contribution is 7.54. The van der Waals surface area contributed by atoms with Crippen LogP contribution in [0.3, 0.4) is 0 Å². The van der Waals surface area contributed by atoms with Gasteiger partial charge in [0, 0.05) is 11.1 Å². The minimum atomic E-state index is -4.63. The number of rotatable bonds is 4. The fourth-order valence-electron chi connectivity index (χ4n) is 2.97. The summed E-state index contributed by atoms with van der Waals surface area (Å²) >= 11 is 6.20. The summed E-state index contributed by atoms with van der Waals surface area (Å²) in [6, 6.07) is 8.95. The van der Waals surface area contributed by atoms with E-state index in [0.29, 0.717) is 28.3 Å². The van der Waals surface area contributed by atoms with Gasteiger partial charge in [-0.15, -0.1) is 0 Å². The molecule has 29 heavy (non-hydrogen) atoms. The Morgan fingerprint density at radius 3 is 2.48 bits per heavy atom. The van der Waals surface area contributed by atoms with Gasteiger partial charge in [-0.05, 0) is 49.7 Å². The highest BCUT2D eigenvalue weighted by Gasteiger charge is 2.35. The van der Waals surface area contributed by atoms with Crippen molar-refractivity contribution in [3.8, 4) is 22.7 Å². The summed E-state index contributed by atoms with van der Waals surface area (Å²) in [4.78, 5) is 0. The number of aryl methyl sites for hydroxylation is 1. The van der Waals surface area contributed by atoms with E-state index in [4.69, 9.17) is 16.3 Å². The Morgan fingerprint density at radius 2 is 1.90 bits per heavy atom. The molecule has 0 radical (unpaired) electrons. The Labute approximate surface area is 173 Å². The lowest BCUT2D eigenvalue weighted by molar-refractivity contribution is -0.141. The number of methoxy groups -OCH3 is 1. The van der Waals surface area contributed by atoms with Crippen molar-refractivity contribution in [1.29, 1.82) is 0 Å². The summed E-state index contributed by atoms with van der Waals surface area (Å²) in [6.45, 7) is 3.44. The van der Waals surface area contributed by atoms with Crippen LogP contribution >= 0.6 is 11.6 Å². The van der Waals surface area contributed by atoms with Gasteiger partial charge in [-0.2, -0.15) is 26.8 Å². The molecule has 1 heterocycles. The van der Waals surface area contributed by atoms with Gasteiger partial charge in [0.25, 0.3) is 0 Å². The summed E-state index contributed by atoms with van der Waals surface area (Å²) in [5, 5.41) is 4.04. The van der Waals surface area contributed by atoms with Crippen LogP contribution in [0.15, 0.2) is 40.8 Å². The van der Waals surface area contributed by atoms with Crippen LogP contribution in [-0.2, 0) is 17.6 Å². The van der Waals surface area contributed by atoms with E-state index in [1.54, 1.807) is 38.1 Å². The van der Waals surface area contributed by atoms with Gasteiger partial charge >= 0.3 is 6.18 Å². The van der Waals surface area contributed by atoms with E-state index in [-0.39, 0.29) is 22.2 Å². The molecule has 0 N–H and O–H groups in total. The maximum absolute atomic E-state index is 13.4. The molecular weight excluding hydrogens is 427 g/mol. The molecule has 0 aliphatic rings. The summed E-state index contributed by atoms with van der Waals surface area (Å²) in [7, 11) is 1.45. The molecule has 10 heteroatoms. The van der Waals surface area contributed by atoms with Crippen molar-refractivity contribution in [2.24, 2.45) is 4.36 Å². The largest absolute Gasteiger partial charge is 0.495 e. The number of alkyl halides is 3. The fraction of sp³-hybridized carbons (Fsp3) is 0.211. The minimum Gasteiger partial charge on any atom is -0.495 e. The average molecular weight is 442 g/mol. The third-order valence-electron chi connectivity index (χ3n) is 4.41. The van der Waals surface area contributed by atoms with E-state index in [9.17, 15) is 17.4 Å². The third-order valence-corrected chi connectivity index (χ3v) is 4.96. The van der Waals surface area contributed by atoms with E-state index >= 15 is 0 Å². The first-order chi connectivity index (χ1) is 13.7. The summed E-state index contributed by atoms with van der Waals surface area (Å²) in [5.41, 5.74) is 1.62. The van der Waals surface area contributed by atoms with Crippen LogP contribution in [0.2, 0.25) is 5.02 Å². The Balaban J connectivity index is 2.30. The molecule has 0 unspecified atom stereocenters. The smallest absolute Gasteiger partial charge is 0.435 e. The van der Waals surface area contributed by atoms with Gasteiger partial charge in [0.15, 0.2) is 5.69 Å². The monoisotopic (exact) mass is 441 g/mol. The van der Waals surface area contributed by atoms with Crippen molar-refractivity contribution in [3.05, 3.63) is 58.2 Å². The van der Waals surface area contributed by atoms with E-state index in [2.05, 4.69) is 9.46 Å². The maximum Gasteiger partial charge on any atom is 0.435 e. The molecule has 3 aromatic rings. The molecule has 2 aromatic carbocycles. The molecule has 1 aromatic heterocycles. The van der Waals surface area contributed by atoms with Crippen LogP contribution in [0, 0.1) is 13.8 Å². The van der Waals surface area contributed by atoms with Gasteiger partial charge in [0.1, 0.15) is 5.75 Å². The summed E-state index contributed by atoms with van der Waals surface area (Å²) in [6.07, 6.45) is -4.63. The highest BCUT2D eigenvalue weighted by atomic mass is 35.5. The van der Waals surface area contributed by atoms with Crippen LogP contribution in [0.4, 0.5) is 18.9 Å². The van der Waals surface area contributed by atoms with Gasteiger partial charge in [-0.1, -0.05) is 17.7 Å². The molecule has 0 saturated heterocycles. The van der Waals surface area contributed by atoms with Crippen molar-refractivity contribution >= 4 is 28.8 Å². The number of hydrogen-bond acceptors (Lipinski definition) is 4. The van der Waals surface area contributed by atoms with E-state index < -0.39 is 11.9 Å². The first kappa shape index (κ1) is 21.1. The first-order valence-electron chi connectivity index (χ1n) is 8.29. The lowest BCUT2D eigenvalue weighted by atomic mass is 10.1. The molecule has 3 rings (SSSR count). The quantitative estimate of drug-likeness (QED) is 0.509. The Kier molecular flexibility index (Phi) is 5.81. The summed E-state index contributed by atoms with van der Waals surface area (Å²) < 4.78 is 61.2. The SMILES string of the molecule is COc1ccc(-c2cc(C(F)(F)F)nn2-c2ccc(C)c(N=S=O)c2C)cc1Cl. The molecule has 0 spiro atoms. The third kappa shape index (κ3) is 4.06. The first-order valence-corrected chi connectivity index (χ1v) is 9.36. The Morgan fingerprint density at radius 1 is 1.17 bits per heavy atom.